The first-order chi connectivity index (χ1) is 15.0. The molecule has 5 atom stereocenters. The van der Waals surface area contributed by atoms with Crippen LogP contribution in [0.2, 0.25) is 0 Å². The molecule has 1 aromatic carbocycles. The summed E-state index contributed by atoms with van der Waals surface area (Å²) in [6.45, 7) is 3.19. The minimum Gasteiger partial charge on any atom is -0.467 e. The van der Waals surface area contributed by atoms with Crippen LogP contribution in [0.25, 0.3) is 0 Å². The van der Waals surface area contributed by atoms with Crippen LogP contribution in [0, 0.1) is 10.1 Å². The maximum Gasteiger partial charge on any atom is 0.339 e. The fourth-order valence-corrected chi connectivity index (χ4v) is 2.96. The predicted molar refractivity (Wildman–Crippen MR) is 101 cm³/mol. The number of carbonyl (C=O) groups is 4. The first-order valence-corrected chi connectivity index (χ1v) is 9.19. The second kappa shape index (κ2) is 10.5. The van der Waals surface area contributed by atoms with E-state index in [-0.39, 0.29) is 11.4 Å². The highest BCUT2D eigenvalue weighted by atomic mass is 16.7. The van der Waals surface area contributed by atoms with E-state index in [4.69, 9.17) is 23.7 Å². The van der Waals surface area contributed by atoms with Gasteiger partial charge in [0.2, 0.25) is 12.4 Å². The van der Waals surface area contributed by atoms with Gasteiger partial charge in [0.1, 0.15) is 5.75 Å². The summed E-state index contributed by atoms with van der Waals surface area (Å²) < 4.78 is 31.4. The van der Waals surface area contributed by atoms with Gasteiger partial charge in [-0.2, -0.15) is 0 Å². The Kier molecular flexibility index (Phi) is 8.07. The summed E-state index contributed by atoms with van der Waals surface area (Å²) in [4.78, 5) is 57.6. The fraction of sp³-hybridized carbons (Fsp3) is 0.474. The molecule has 0 amide bonds. The number of nitro benzene ring substituents is 1. The molecule has 2 rings (SSSR count). The largest absolute Gasteiger partial charge is 0.467 e. The maximum atomic E-state index is 12.3. The molecule has 1 heterocycles. The third-order valence-electron chi connectivity index (χ3n) is 4.13. The number of methoxy groups -OCH3 is 1. The van der Waals surface area contributed by atoms with E-state index in [0.29, 0.717) is 0 Å². The normalized spacial score (nSPS) is 24.6. The highest BCUT2D eigenvalue weighted by Crippen LogP contribution is 2.31. The van der Waals surface area contributed by atoms with E-state index in [1.165, 1.54) is 12.1 Å². The molecule has 174 valence electrons. The molecule has 0 radical (unpaired) electrons. The zero-order valence-electron chi connectivity index (χ0n) is 17.5. The Balaban J connectivity index is 2.47. The lowest BCUT2D eigenvalue weighted by atomic mass is 9.97. The average Bonchev–Trinajstić information content (AvgIpc) is 2.70. The molecule has 1 aliphatic rings. The van der Waals surface area contributed by atoms with Gasteiger partial charge in [-0.05, 0) is 12.1 Å². The molecule has 0 unspecified atom stereocenters. The quantitative estimate of drug-likeness (QED) is 0.244. The topological polar surface area (TPSA) is 167 Å². The van der Waals surface area contributed by atoms with Gasteiger partial charge in [-0.15, -0.1) is 0 Å². The summed E-state index contributed by atoms with van der Waals surface area (Å²) in [5.74, 6) is -3.41. The summed E-state index contributed by atoms with van der Waals surface area (Å²) in [5.41, 5.74) is -0.210. The lowest BCUT2D eigenvalue weighted by molar-refractivity contribution is -0.384. The minimum atomic E-state index is -1.61. The maximum absolute atomic E-state index is 12.3. The van der Waals surface area contributed by atoms with Crippen molar-refractivity contribution in [1.29, 1.82) is 0 Å². The highest BCUT2D eigenvalue weighted by molar-refractivity contribution is 5.77. The van der Waals surface area contributed by atoms with Crippen LogP contribution in [0.15, 0.2) is 24.3 Å². The number of hydrogen-bond acceptors (Lipinski definition) is 12. The first-order valence-electron chi connectivity index (χ1n) is 9.19. The van der Waals surface area contributed by atoms with Crippen LogP contribution in [0.5, 0.6) is 5.75 Å². The van der Waals surface area contributed by atoms with Crippen molar-refractivity contribution in [3.8, 4) is 5.75 Å². The van der Waals surface area contributed by atoms with Crippen molar-refractivity contribution in [2.45, 2.75) is 51.5 Å². The monoisotopic (exact) mass is 455 g/mol. The van der Waals surface area contributed by atoms with Crippen LogP contribution in [0.1, 0.15) is 20.8 Å². The predicted octanol–water partition coefficient (Wildman–Crippen LogP) is 0.667. The van der Waals surface area contributed by atoms with Gasteiger partial charge in [0.05, 0.1) is 12.0 Å². The molecular formula is C19H21NO12. The third-order valence-corrected chi connectivity index (χ3v) is 4.13. The van der Waals surface area contributed by atoms with Crippen molar-refractivity contribution in [3.05, 3.63) is 34.4 Å². The van der Waals surface area contributed by atoms with E-state index in [9.17, 15) is 29.3 Å². The van der Waals surface area contributed by atoms with Crippen molar-refractivity contribution < 1.29 is 52.5 Å². The van der Waals surface area contributed by atoms with Gasteiger partial charge in [0.15, 0.2) is 18.3 Å². The van der Waals surface area contributed by atoms with E-state index >= 15 is 0 Å². The molecule has 13 heteroatoms. The van der Waals surface area contributed by atoms with Gasteiger partial charge in [-0.1, -0.05) is 0 Å². The Hall–Kier alpha value is -3.74. The number of non-ortho nitro benzene ring substituents is 1. The summed E-state index contributed by atoms with van der Waals surface area (Å²) in [5, 5.41) is 10.8. The Morgan fingerprint density at radius 3 is 1.84 bits per heavy atom. The van der Waals surface area contributed by atoms with Crippen molar-refractivity contribution in [2.24, 2.45) is 0 Å². The number of benzene rings is 1. The number of hydrogen-bond donors (Lipinski definition) is 0. The molecule has 1 fully saturated rings. The molecule has 32 heavy (non-hydrogen) atoms. The number of nitro groups is 1. The molecule has 13 nitrogen and oxygen atoms in total. The SMILES string of the molecule is COC(=O)[C@H]1O[C@H](Oc2ccc([N+](=O)[O-])cc2)[C@@H](OC(C)=O)[C@@H](OC(C)=O)[C@H]1OC(C)=O. The van der Waals surface area contributed by atoms with E-state index in [1.807, 2.05) is 0 Å². The van der Waals surface area contributed by atoms with E-state index in [2.05, 4.69) is 4.74 Å². The first kappa shape index (κ1) is 24.5. The van der Waals surface area contributed by atoms with Crippen molar-refractivity contribution in [3.63, 3.8) is 0 Å². The number of nitrogens with zero attached hydrogens (tertiary/aromatic N) is 1. The number of ether oxygens (including phenoxy) is 6. The Bertz CT molecular complexity index is 883. The summed E-state index contributed by atoms with van der Waals surface area (Å²) >= 11 is 0. The van der Waals surface area contributed by atoms with E-state index in [0.717, 1.165) is 40.0 Å². The smallest absolute Gasteiger partial charge is 0.339 e. The van der Waals surface area contributed by atoms with Crippen molar-refractivity contribution in [2.75, 3.05) is 7.11 Å². The van der Waals surface area contributed by atoms with Crippen molar-refractivity contribution >= 4 is 29.6 Å². The molecule has 0 bridgehead atoms. The van der Waals surface area contributed by atoms with Gasteiger partial charge >= 0.3 is 23.9 Å². The zero-order chi connectivity index (χ0) is 24.0. The molecule has 0 N–H and O–H groups in total. The van der Waals surface area contributed by atoms with Crippen LogP contribution in [0.3, 0.4) is 0 Å². The van der Waals surface area contributed by atoms with Gasteiger partial charge < -0.3 is 28.4 Å². The molecule has 0 aliphatic carbocycles. The number of esters is 4. The lowest BCUT2D eigenvalue weighted by Gasteiger charge is -2.43. The number of carbonyl (C=O) groups excluding carboxylic acids is 4. The van der Waals surface area contributed by atoms with Crippen LogP contribution < -0.4 is 4.74 Å². The van der Waals surface area contributed by atoms with E-state index < -0.39 is 59.5 Å². The second-order valence-electron chi connectivity index (χ2n) is 6.54. The van der Waals surface area contributed by atoms with Crippen LogP contribution in [-0.2, 0) is 42.9 Å². The third kappa shape index (κ3) is 6.14. The van der Waals surface area contributed by atoms with Gasteiger partial charge in [0, 0.05) is 32.9 Å². The molecule has 1 aromatic rings. The van der Waals surface area contributed by atoms with E-state index in [1.54, 1.807) is 0 Å². The van der Waals surface area contributed by atoms with Gasteiger partial charge in [-0.3, -0.25) is 24.5 Å². The molecule has 0 spiro atoms. The summed E-state index contributed by atoms with van der Waals surface area (Å²) in [7, 11) is 1.06. The number of rotatable bonds is 7. The summed E-state index contributed by atoms with van der Waals surface area (Å²) in [6, 6.07) is 4.81. The van der Waals surface area contributed by atoms with Crippen LogP contribution >= 0.6 is 0 Å². The molecule has 0 aromatic heterocycles. The molecule has 1 aliphatic heterocycles. The lowest BCUT2D eigenvalue weighted by Crippen LogP contribution is -2.64. The highest BCUT2D eigenvalue weighted by Gasteiger charge is 2.55. The van der Waals surface area contributed by atoms with Crippen molar-refractivity contribution in [1.82, 2.24) is 0 Å². The fourth-order valence-electron chi connectivity index (χ4n) is 2.96. The Labute approximate surface area is 181 Å². The Morgan fingerprint density at radius 1 is 0.875 bits per heavy atom. The zero-order valence-corrected chi connectivity index (χ0v) is 17.5. The molecular weight excluding hydrogens is 434 g/mol. The second-order valence-corrected chi connectivity index (χ2v) is 6.54. The summed E-state index contributed by atoms with van der Waals surface area (Å²) in [6.07, 6.45) is -7.65. The average molecular weight is 455 g/mol. The van der Waals surface area contributed by atoms with Crippen LogP contribution in [-0.4, -0.2) is 66.6 Å². The Morgan fingerprint density at radius 2 is 1.38 bits per heavy atom. The standard InChI is InChI=1S/C19H21NO12/c1-9(21)28-14-15(29-10(2)22)17(30-11(3)23)19(32-16(14)18(24)27-4)31-13-7-5-12(6-8-13)20(25)26/h5-8,14-17,19H,1-4H3/t14-,15+,16+,17+,19+/m1/s1. The van der Waals surface area contributed by atoms with Gasteiger partial charge in [0.25, 0.3) is 5.69 Å². The molecule has 1 saturated heterocycles. The minimum absolute atomic E-state index is 0.0499. The molecule has 0 saturated carbocycles. The van der Waals surface area contributed by atoms with Gasteiger partial charge in [-0.25, -0.2) is 4.79 Å². The van der Waals surface area contributed by atoms with Crippen LogP contribution in [0.4, 0.5) is 5.69 Å².